The molecule has 0 bridgehead atoms. The molecule has 0 radical (unpaired) electrons. The number of carbonyl (C=O) groups is 2. The maximum Gasteiger partial charge on any atom is 0.407 e. The molecule has 0 aliphatic carbocycles. The molecule has 0 unspecified atom stereocenters. The van der Waals surface area contributed by atoms with E-state index in [1.54, 1.807) is 0 Å². The molecule has 5 heteroatoms. The smallest absolute Gasteiger partial charge is 0.407 e. The third-order valence-corrected chi connectivity index (χ3v) is 2.41. The van der Waals surface area contributed by atoms with E-state index in [0.29, 0.717) is 6.61 Å². The third kappa shape index (κ3) is 7.08. The van der Waals surface area contributed by atoms with Crippen molar-refractivity contribution in [1.82, 2.24) is 5.32 Å². The Labute approximate surface area is 113 Å². The molecular weight excluding hydrogens is 244 g/mol. The van der Waals surface area contributed by atoms with Crippen molar-refractivity contribution in [2.24, 2.45) is 0 Å². The van der Waals surface area contributed by atoms with Gasteiger partial charge in [-0.1, -0.05) is 31.5 Å². The van der Waals surface area contributed by atoms with Crippen LogP contribution in [-0.2, 0) is 9.53 Å². The molecule has 2 N–H and O–H groups in total. The average Bonchev–Trinajstić information content (AvgIpc) is 2.40. The van der Waals surface area contributed by atoms with E-state index in [0.717, 1.165) is 18.5 Å². The molecule has 0 saturated heterocycles. The molecule has 5 nitrogen and oxygen atoms in total. The van der Waals surface area contributed by atoms with Gasteiger partial charge in [0.25, 0.3) is 0 Å². The number of anilines is 1. The van der Waals surface area contributed by atoms with Crippen molar-refractivity contribution in [2.75, 3.05) is 18.5 Å². The number of benzene rings is 1. The normalized spacial score (nSPS) is 9.74. The summed E-state index contributed by atoms with van der Waals surface area (Å²) in [6.45, 7) is 2.71. The van der Waals surface area contributed by atoms with Gasteiger partial charge in [-0.25, -0.2) is 4.79 Å². The van der Waals surface area contributed by atoms with E-state index in [-0.39, 0.29) is 18.9 Å². The fourth-order valence-electron chi connectivity index (χ4n) is 1.38. The summed E-state index contributed by atoms with van der Waals surface area (Å²) in [5, 5.41) is 5.27. The first-order chi connectivity index (χ1) is 9.22. The van der Waals surface area contributed by atoms with Crippen molar-refractivity contribution in [1.29, 1.82) is 0 Å². The van der Waals surface area contributed by atoms with Gasteiger partial charge < -0.3 is 15.4 Å². The van der Waals surface area contributed by atoms with Gasteiger partial charge in [0.1, 0.15) is 0 Å². The molecule has 0 heterocycles. The maximum absolute atomic E-state index is 11.6. The number of hydrogen-bond donors (Lipinski definition) is 2. The van der Waals surface area contributed by atoms with Crippen molar-refractivity contribution in [2.45, 2.75) is 26.2 Å². The van der Waals surface area contributed by atoms with Gasteiger partial charge in [-0.2, -0.15) is 0 Å². The predicted molar refractivity (Wildman–Crippen MR) is 73.9 cm³/mol. The van der Waals surface area contributed by atoms with E-state index in [9.17, 15) is 9.59 Å². The lowest BCUT2D eigenvalue weighted by molar-refractivity contribution is -0.116. The van der Waals surface area contributed by atoms with Crippen LogP contribution in [0.1, 0.15) is 26.2 Å². The van der Waals surface area contributed by atoms with E-state index < -0.39 is 6.09 Å². The molecule has 1 rings (SSSR count). The van der Waals surface area contributed by atoms with Crippen LogP contribution >= 0.6 is 0 Å². The molecule has 1 aromatic carbocycles. The molecule has 19 heavy (non-hydrogen) atoms. The number of unbranched alkanes of at least 4 members (excludes halogenated alkanes) is 1. The highest BCUT2D eigenvalue weighted by Gasteiger charge is 2.04. The third-order valence-electron chi connectivity index (χ3n) is 2.41. The van der Waals surface area contributed by atoms with Crippen LogP contribution in [0.4, 0.5) is 10.5 Å². The molecule has 2 amide bonds. The summed E-state index contributed by atoms with van der Waals surface area (Å²) in [6, 6.07) is 9.19. The van der Waals surface area contributed by atoms with Crippen LogP contribution in [0.3, 0.4) is 0 Å². The SMILES string of the molecule is CCCCOC(=O)NCCC(=O)Nc1ccccc1. The first-order valence-corrected chi connectivity index (χ1v) is 6.48. The van der Waals surface area contributed by atoms with E-state index in [1.165, 1.54) is 0 Å². The lowest BCUT2D eigenvalue weighted by Crippen LogP contribution is -2.28. The second kappa shape index (κ2) is 8.97. The molecule has 0 fully saturated rings. The minimum absolute atomic E-state index is 0.139. The van der Waals surface area contributed by atoms with Gasteiger partial charge in [0.05, 0.1) is 6.61 Å². The Kier molecular flexibility index (Phi) is 7.09. The summed E-state index contributed by atoms with van der Waals surface area (Å²) in [5.74, 6) is -0.139. The van der Waals surface area contributed by atoms with Crippen molar-refractivity contribution < 1.29 is 14.3 Å². The number of alkyl carbamates (subject to hydrolysis) is 1. The number of carbonyl (C=O) groups excluding carboxylic acids is 2. The highest BCUT2D eigenvalue weighted by atomic mass is 16.5. The standard InChI is InChI=1S/C14H20N2O3/c1-2-3-11-19-14(18)15-10-9-13(17)16-12-7-5-4-6-8-12/h4-8H,2-3,9-11H2,1H3,(H,15,18)(H,16,17). The zero-order valence-corrected chi connectivity index (χ0v) is 11.1. The molecule has 0 atom stereocenters. The van der Waals surface area contributed by atoms with Crippen LogP contribution in [0.15, 0.2) is 30.3 Å². The fourth-order valence-corrected chi connectivity index (χ4v) is 1.38. The van der Waals surface area contributed by atoms with Crippen LogP contribution in [0.5, 0.6) is 0 Å². The Morgan fingerprint density at radius 1 is 1.21 bits per heavy atom. The van der Waals surface area contributed by atoms with Gasteiger partial charge in [-0.15, -0.1) is 0 Å². The number of hydrogen-bond acceptors (Lipinski definition) is 3. The van der Waals surface area contributed by atoms with Crippen LogP contribution in [0.25, 0.3) is 0 Å². The van der Waals surface area contributed by atoms with Gasteiger partial charge in [-0.05, 0) is 18.6 Å². The number of ether oxygens (including phenoxy) is 1. The largest absolute Gasteiger partial charge is 0.450 e. The minimum atomic E-state index is -0.471. The van der Waals surface area contributed by atoms with E-state index >= 15 is 0 Å². The zero-order chi connectivity index (χ0) is 13.9. The number of nitrogens with one attached hydrogen (secondary N) is 2. The Hall–Kier alpha value is -2.04. The average molecular weight is 264 g/mol. The Morgan fingerprint density at radius 2 is 1.95 bits per heavy atom. The van der Waals surface area contributed by atoms with Crippen LogP contribution in [0.2, 0.25) is 0 Å². The molecule has 1 aromatic rings. The molecule has 0 aliphatic rings. The summed E-state index contributed by atoms with van der Waals surface area (Å²) in [7, 11) is 0. The molecular formula is C14H20N2O3. The van der Waals surface area contributed by atoms with Gasteiger partial charge >= 0.3 is 6.09 Å². The number of amides is 2. The molecule has 0 spiro atoms. The van der Waals surface area contributed by atoms with Gasteiger partial charge in [-0.3, -0.25) is 4.79 Å². The van der Waals surface area contributed by atoms with Crippen molar-refractivity contribution in [3.63, 3.8) is 0 Å². The lowest BCUT2D eigenvalue weighted by Gasteiger charge is -2.07. The Balaban J connectivity index is 2.12. The maximum atomic E-state index is 11.6. The van der Waals surface area contributed by atoms with Crippen LogP contribution in [0, 0.1) is 0 Å². The van der Waals surface area contributed by atoms with Crippen molar-refractivity contribution >= 4 is 17.7 Å². The molecule has 0 aromatic heterocycles. The van der Waals surface area contributed by atoms with Crippen LogP contribution in [-0.4, -0.2) is 25.2 Å². The summed E-state index contributed by atoms with van der Waals surface area (Å²) in [6.07, 6.45) is 1.58. The van der Waals surface area contributed by atoms with Crippen LogP contribution < -0.4 is 10.6 Å². The minimum Gasteiger partial charge on any atom is -0.450 e. The Bertz CT molecular complexity index is 393. The van der Waals surface area contributed by atoms with Gasteiger partial charge in [0.2, 0.25) is 5.91 Å². The van der Waals surface area contributed by atoms with E-state index in [2.05, 4.69) is 10.6 Å². The fraction of sp³-hybridized carbons (Fsp3) is 0.429. The predicted octanol–water partition coefficient (Wildman–Crippen LogP) is 2.54. The Morgan fingerprint density at radius 3 is 2.63 bits per heavy atom. The monoisotopic (exact) mass is 264 g/mol. The van der Waals surface area contributed by atoms with Crippen molar-refractivity contribution in [3.05, 3.63) is 30.3 Å². The quantitative estimate of drug-likeness (QED) is 0.744. The zero-order valence-electron chi connectivity index (χ0n) is 11.1. The first-order valence-electron chi connectivity index (χ1n) is 6.48. The summed E-state index contributed by atoms with van der Waals surface area (Å²) >= 11 is 0. The van der Waals surface area contributed by atoms with E-state index in [1.807, 2.05) is 37.3 Å². The highest BCUT2D eigenvalue weighted by molar-refractivity contribution is 5.90. The summed E-state index contributed by atoms with van der Waals surface area (Å²) in [4.78, 5) is 22.7. The summed E-state index contributed by atoms with van der Waals surface area (Å²) < 4.78 is 4.90. The highest BCUT2D eigenvalue weighted by Crippen LogP contribution is 2.04. The topological polar surface area (TPSA) is 67.4 Å². The van der Waals surface area contributed by atoms with Gasteiger partial charge in [0.15, 0.2) is 0 Å². The lowest BCUT2D eigenvalue weighted by atomic mass is 10.3. The number of para-hydroxylation sites is 1. The molecule has 0 saturated carbocycles. The second-order valence-corrected chi connectivity index (χ2v) is 4.08. The molecule has 0 aliphatic heterocycles. The number of rotatable bonds is 7. The summed E-state index contributed by atoms with van der Waals surface area (Å²) in [5.41, 5.74) is 0.748. The first kappa shape index (κ1) is 15.0. The second-order valence-electron chi connectivity index (χ2n) is 4.08. The molecule has 104 valence electrons. The van der Waals surface area contributed by atoms with E-state index in [4.69, 9.17) is 4.74 Å². The van der Waals surface area contributed by atoms with Crippen molar-refractivity contribution in [3.8, 4) is 0 Å². The van der Waals surface area contributed by atoms with Gasteiger partial charge in [0, 0.05) is 18.7 Å².